The average Bonchev–Trinajstić information content (AvgIpc) is 2.61. The van der Waals surface area contributed by atoms with E-state index in [-0.39, 0.29) is 5.95 Å². The van der Waals surface area contributed by atoms with Gasteiger partial charge < -0.3 is 4.74 Å². The lowest BCUT2D eigenvalue weighted by atomic mass is 9.45. The van der Waals surface area contributed by atoms with E-state index >= 15 is 0 Å². The van der Waals surface area contributed by atoms with Gasteiger partial charge in [-0.1, -0.05) is 0 Å². The summed E-state index contributed by atoms with van der Waals surface area (Å²) in [7, 11) is 0. The Bertz CT molecular complexity index is 575. The standard InChI is InChI=1S/C13H13FN2O/c14-11-3-10(4-12-15-1-2-16(11)12)17-8-13-5-9(6-13)7-13/h1-4,9H,5-8H2. The van der Waals surface area contributed by atoms with Gasteiger partial charge in [0.05, 0.1) is 6.61 Å². The first kappa shape index (κ1) is 9.45. The third-order valence-corrected chi connectivity index (χ3v) is 4.14. The molecule has 5 rings (SSSR count). The first-order chi connectivity index (χ1) is 8.24. The summed E-state index contributed by atoms with van der Waals surface area (Å²) in [4.78, 5) is 4.07. The lowest BCUT2D eigenvalue weighted by Crippen LogP contribution is -2.55. The van der Waals surface area contributed by atoms with E-state index in [2.05, 4.69) is 4.98 Å². The van der Waals surface area contributed by atoms with Crippen molar-refractivity contribution in [2.75, 3.05) is 6.61 Å². The minimum atomic E-state index is -0.326. The fraction of sp³-hybridized carbons (Fsp3) is 0.462. The summed E-state index contributed by atoms with van der Waals surface area (Å²) in [5, 5.41) is 0. The van der Waals surface area contributed by atoms with E-state index in [0.717, 1.165) is 12.5 Å². The first-order valence-electron chi connectivity index (χ1n) is 6.00. The van der Waals surface area contributed by atoms with E-state index in [1.54, 1.807) is 18.5 Å². The Kier molecular flexibility index (Phi) is 1.67. The third kappa shape index (κ3) is 1.30. The van der Waals surface area contributed by atoms with E-state index < -0.39 is 0 Å². The molecule has 0 radical (unpaired) electrons. The van der Waals surface area contributed by atoms with Gasteiger partial charge in [-0.05, 0) is 25.2 Å². The molecule has 3 aliphatic rings. The summed E-state index contributed by atoms with van der Waals surface area (Å²) in [6, 6.07) is 3.22. The zero-order valence-electron chi connectivity index (χ0n) is 9.40. The molecule has 0 amide bonds. The smallest absolute Gasteiger partial charge is 0.203 e. The van der Waals surface area contributed by atoms with Crippen LogP contribution in [0.5, 0.6) is 5.75 Å². The molecule has 3 saturated carbocycles. The Balaban J connectivity index is 1.57. The predicted octanol–water partition coefficient (Wildman–Crippen LogP) is 2.65. The largest absolute Gasteiger partial charge is 0.493 e. The molecule has 0 aliphatic heterocycles. The van der Waals surface area contributed by atoms with E-state index in [4.69, 9.17) is 4.74 Å². The molecule has 0 saturated heterocycles. The molecule has 2 heterocycles. The SMILES string of the molecule is Fc1cc(OCC23CC(C2)C3)cc2nccn12. The molecule has 3 aliphatic carbocycles. The summed E-state index contributed by atoms with van der Waals surface area (Å²) in [5.41, 5.74) is 1.01. The lowest BCUT2D eigenvalue weighted by molar-refractivity contribution is -0.131. The van der Waals surface area contributed by atoms with E-state index in [9.17, 15) is 4.39 Å². The highest BCUT2D eigenvalue weighted by Crippen LogP contribution is 2.64. The second-order valence-electron chi connectivity index (χ2n) is 5.44. The highest BCUT2D eigenvalue weighted by molar-refractivity contribution is 5.44. The summed E-state index contributed by atoms with van der Waals surface area (Å²) < 4.78 is 20.8. The monoisotopic (exact) mass is 232 g/mol. The molecule has 2 aromatic rings. The van der Waals surface area contributed by atoms with Crippen LogP contribution in [0.25, 0.3) is 5.65 Å². The minimum absolute atomic E-state index is 0.326. The minimum Gasteiger partial charge on any atom is -0.493 e. The van der Waals surface area contributed by atoms with E-state index in [0.29, 0.717) is 16.8 Å². The molecule has 3 nitrogen and oxygen atoms in total. The van der Waals surface area contributed by atoms with Gasteiger partial charge in [-0.3, -0.25) is 4.40 Å². The maximum atomic E-state index is 13.6. The highest BCUT2D eigenvalue weighted by Gasteiger charge is 2.56. The van der Waals surface area contributed by atoms with Crippen LogP contribution in [-0.2, 0) is 0 Å². The fourth-order valence-corrected chi connectivity index (χ4v) is 3.11. The van der Waals surface area contributed by atoms with Crippen molar-refractivity contribution in [2.45, 2.75) is 19.3 Å². The van der Waals surface area contributed by atoms with Gasteiger partial charge in [0.1, 0.15) is 11.4 Å². The van der Waals surface area contributed by atoms with Gasteiger partial charge in [0.2, 0.25) is 5.95 Å². The Morgan fingerprint density at radius 3 is 2.94 bits per heavy atom. The summed E-state index contributed by atoms with van der Waals surface area (Å²) in [6.45, 7) is 0.722. The number of nitrogens with zero attached hydrogens (tertiary/aromatic N) is 2. The molecule has 17 heavy (non-hydrogen) atoms. The predicted molar refractivity (Wildman–Crippen MR) is 60.4 cm³/mol. The Morgan fingerprint density at radius 2 is 2.24 bits per heavy atom. The van der Waals surface area contributed by atoms with Crippen LogP contribution < -0.4 is 4.74 Å². The summed E-state index contributed by atoms with van der Waals surface area (Å²) in [6.07, 6.45) is 7.07. The second-order valence-corrected chi connectivity index (χ2v) is 5.44. The van der Waals surface area contributed by atoms with Crippen LogP contribution in [0.4, 0.5) is 4.39 Å². The van der Waals surface area contributed by atoms with Gasteiger partial charge >= 0.3 is 0 Å². The number of rotatable bonds is 3. The van der Waals surface area contributed by atoms with Gasteiger partial charge in [0.15, 0.2) is 0 Å². The van der Waals surface area contributed by atoms with Gasteiger partial charge in [0.25, 0.3) is 0 Å². The first-order valence-corrected chi connectivity index (χ1v) is 6.00. The van der Waals surface area contributed by atoms with Crippen LogP contribution in [0.3, 0.4) is 0 Å². The van der Waals surface area contributed by atoms with Crippen molar-refractivity contribution in [3.63, 3.8) is 0 Å². The van der Waals surface area contributed by atoms with Crippen molar-refractivity contribution in [2.24, 2.45) is 11.3 Å². The van der Waals surface area contributed by atoms with Crippen LogP contribution in [0.1, 0.15) is 19.3 Å². The zero-order valence-corrected chi connectivity index (χ0v) is 9.40. The Hall–Kier alpha value is -1.58. The number of hydrogen-bond donors (Lipinski definition) is 0. The quantitative estimate of drug-likeness (QED) is 0.760. The van der Waals surface area contributed by atoms with Gasteiger partial charge in [0, 0.05) is 29.9 Å². The number of halogens is 1. The number of imidazole rings is 1. The maximum Gasteiger partial charge on any atom is 0.203 e. The molecule has 0 spiro atoms. The molecular weight excluding hydrogens is 219 g/mol. The van der Waals surface area contributed by atoms with Crippen LogP contribution in [0.2, 0.25) is 0 Å². The molecule has 0 atom stereocenters. The summed E-state index contributed by atoms with van der Waals surface area (Å²) >= 11 is 0. The molecular formula is C13H13FN2O. The molecule has 0 unspecified atom stereocenters. The number of pyridine rings is 1. The van der Waals surface area contributed by atoms with Crippen molar-refractivity contribution in [3.8, 4) is 5.75 Å². The Labute approximate surface area is 98.2 Å². The van der Waals surface area contributed by atoms with Gasteiger partial charge in [-0.25, -0.2) is 4.98 Å². The van der Waals surface area contributed by atoms with E-state index in [1.165, 1.54) is 29.7 Å². The van der Waals surface area contributed by atoms with Gasteiger partial charge in [-0.2, -0.15) is 4.39 Å². The number of fused-ring (bicyclic) bond motifs is 1. The van der Waals surface area contributed by atoms with Crippen LogP contribution in [0, 0.1) is 17.3 Å². The normalized spacial score (nSPS) is 29.8. The molecule has 2 aromatic heterocycles. The molecule has 2 bridgehead atoms. The number of hydrogen-bond acceptors (Lipinski definition) is 2. The van der Waals surface area contributed by atoms with Crippen molar-refractivity contribution < 1.29 is 9.13 Å². The van der Waals surface area contributed by atoms with Crippen molar-refractivity contribution >= 4 is 5.65 Å². The van der Waals surface area contributed by atoms with Gasteiger partial charge in [-0.15, -0.1) is 0 Å². The molecule has 3 fully saturated rings. The molecule has 88 valence electrons. The molecule has 4 heteroatoms. The lowest BCUT2D eigenvalue weighted by Gasteiger charge is -2.61. The van der Waals surface area contributed by atoms with Crippen molar-refractivity contribution in [3.05, 3.63) is 30.5 Å². The summed E-state index contributed by atoms with van der Waals surface area (Å²) in [5.74, 6) is 1.21. The van der Waals surface area contributed by atoms with E-state index in [1.807, 2.05) is 0 Å². The van der Waals surface area contributed by atoms with Crippen molar-refractivity contribution in [1.82, 2.24) is 9.38 Å². The topological polar surface area (TPSA) is 26.5 Å². The van der Waals surface area contributed by atoms with Crippen LogP contribution in [-0.4, -0.2) is 16.0 Å². The highest BCUT2D eigenvalue weighted by atomic mass is 19.1. The number of ether oxygens (including phenoxy) is 1. The fourth-order valence-electron chi connectivity index (χ4n) is 3.11. The maximum absolute atomic E-state index is 13.6. The van der Waals surface area contributed by atoms with Crippen LogP contribution in [0.15, 0.2) is 24.5 Å². The zero-order chi connectivity index (χ0) is 11.5. The molecule has 0 N–H and O–H groups in total. The average molecular weight is 232 g/mol. The molecule has 0 aromatic carbocycles. The van der Waals surface area contributed by atoms with Crippen LogP contribution >= 0.6 is 0 Å². The Morgan fingerprint density at radius 1 is 1.41 bits per heavy atom. The third-order valence-electron chi connectivity index (χ3n) is 4.14. The second kappa shape index (κ2) is 3.00. The van der Waals surface area contributed by atoms with Crippen molar-refractivity contribution in [1.29, 1.82) is 0 Å². The number of aromatic nitrogens is 2.